The van der Waals surface area contributed by atoms with Gasteiger partial charge in [-0.25, -0.2) is 0 Å². The molecule has 1 heterocycles. The highest BCUT2D eigenvalue weighted by atomic mass is 16.5. The second kappa shape index (κ2) is 12.3. The van der Waals surface area contributed by atoms with E-state index in [2.05, 4.69) is 60.2 Å². The van der Waals surface area contributed by atoms with E-state index in [1.807, 2.05) is 0 Å². The summed E-state index contributed by atoms with van der Waals surface area (Å²) in [6, 6.07) is 9.80. The highest BCUT2D eigenvalue weighted by Crippen LogP contribution is 2.18. The molecule has 2 rings (SSSR count). The normalized spacial score (nSPS) is 16.8. The minimum absolute atomic E-state index is 0.711. The number of unbranched alkanes of at least 4 members (excludes halogenated alkanes) is 1. The molecule has 0 amide bonds. The maximum Gasteiger partial charge on any atom is 0.0478 e. The standard InChI is InChI=1S/C22H39N3O/c1-4-6-17-26-18-7-12-23-19-21-8-10-22(11-9-21)25-15-13-24(14-16-25)20(3)5-2/h8-11,20,23H,4-7,12-19H2,1-3H3. The number of nitrogens with zero attached hydrogens (tertiary/aromatic N) is 2. The first-order valence-corrected chi connectivity index (χ1v) is 10.6. The minimum Gasteiger partial charge on any atom is -0.381 e. The summed E-state index contributed by atoms with van der Waals surface area (Å²) in [6.45, 7) is 15.2. The molecule has 0 aliphatic carbocycles. The number of benzene rings is 1. The summed E-state index contributed by atoms with van der Waals surface area (Å²) in [4.78, 5) is 5.13. The van der Waals surface area contributed by atoms with E-state index in [0.717, 1.165) is 45.8 Å². The maximum atomic E-state index is 5.59. The number of anilines is 1. The summed E-state index contributed by atoms with van der Waals surface area (Å²) in [6.07, 6.45) is 4.71. The van der Waals surface area contributed by atoms with Crippen LogP contribution in [0.3, 0.4) is 0 Å². The topological polar surface area (TPSA) is 27.7 Å². The van der Waals surface area contributed by atoms with E-state index in [1.54, 1.807) is 0 Å². The average Bonchev–Trinajstić information content (AvgIpc) is 2.70. The van der Waals surface area contributed by atoms with Crippen molar-refractivity contribution >= 4 is 5.69 Å². The molecule has 4 heteroatoms. The molecular weight excluding hydrogens is 322 g/mol. The van der Waals surface area contributed by atoms with Gasteiger partial charge >= 0.3 is 0 Å². The van der Waals surface area contributed by atoms with Crippen molar-refractivity contribution in [3.63, 3.8) is 0 Å². The van der Waals surface area contributed by atoms with Crippen LogP contribution in [0.4, 0.5) is 5.69 Å². The van der Waals surface area contributed by atoms with Crippen LogP contribution in [-0.2, 0) is 11.3 Å². The van der Waals surface area contributed by atoms with Crippen molar-refractivity contribution in [3.8, 4) is 0 Å². The lowest BCUT2D eigenvalue weighted by Crippen LogP contribution is -2.49. The van der Waals surface area contributed by atoms with Crippen LogP contribution in [0.2, 0.25) is 0 Å². The number of hydrogen-bond acceptors (Lipinski definition) is 4. The molecule has 4 nitrogen and oxygen atoms in total. The summed E-state index contributed by atoms with van der Waals surface area (Å²) < 4.78 is 5.59. The molecule has 1 aromatic carbocycles. The Labute approximate surface area is 160 Å². The van der Waals surface area contributed by atoms with Crippen molar-refractivity contribution in [2.75, 3.05) is 50.8 Å². The Balaban J connectivity index is 1.62. The zero-order chi connectivity index (χ0) is 18.6. The summed E-state index contributed by atoms with van der Waals surface area (Å²) in [7, 11) is 0. The van der Waals surface area contributed by atoms with Crippen LogP contribution < -0.4 is 10.2 Å². The third-order valence-corrected chi connectivity index (χ3v) is 5.44. The average molecular weight is 362 g/mol. The second-order valence-electron chi connectivity index (χ2n) is 7.44. The second-order valence-corrected chi connectivity index (χ2v) is 7.44. The number of nitrogens with one attached hydrogen (secondary N) is 1. The van der Waals surface area contributed by atoms with Crippen LogP contribution in [0.15, 0.2) is 24.3 Å². The Hall–Kier alpha value is -1.10. The first-order valence-electron chi connectivity index (χ1n) is 10.6. The predicted molar refractivity (Wildman–Crippen MR) is 112 cm³/mol. The molecule has 0 saturated carbocycles. The fourth-order valence-corrected chi connectivity index (χ4v) is 3.38. The lowest BCUT2D eigenvalue weighted by Gasteiger charge is -2.39. The zero-order valence-electron chi connectivity index (χ0n) is 17.2. The number of hydrogen-bond donors (Lipinski definition) is 1. The Morgan fingerprint density at radius 3 is 2.35 bits per heavy atom. The van der Waals surface area contributed by atoms with Crippen LogP contribution in [0.1, 0.15) is 52.0 Å². The van der Waals surface area contributed by atoms with Crippen molar-refractivity contribution in [3.05, 3.63) is 29.8 Å². The van der Waals surface area contributed by atoms with Crippen LogP contribution in [0, 0.1) is 0 Å². The fraction of sp³-hybridized carbons (Fsp3) is 0.727. The van der Waals surface area contributed by atoms with Gasteiger partial charge in [0.25, 0.3) is 0 Å². The molecule has 1 N–H and O–H groups in total. The van der Waals surface area contributed by atoms with E-state index >= 15 is 0 Å². The van der Waals surface area contributed by atoms with Crippen LogP contribution in [0.5, 0.6) is 0 Å². The molecule has 148 valence electrons. The predicted octanol–water partition coefficient (Wildman–Crippen LogP) is 3.90. The maximum absolute atomic E-state index is 5.59. The lowest BCUT2D eigenvalue weighted by atomic mass is 10.1. The summed E-state index contributed by atoms with van der Waals surface area (Å²) in [5.41, 5.74) is 2.72. The van der Waals surface area contributed by atoms with Crippen molar-refractivity contribution < 1.29 is 4.74 Å². The lowest BCUT2D eigenvalue weighted by molar-refractivity contribution is 0.129. The van der Waals surface area contributed by atoms with Gasteiger partial charge in [-0.3, -0.25) is 4.90 Å². The minimum atomic E-state index is 0.711. The largest absolute Gasteiger partial charge is 0.381 e. The highest BCUT2D eigenvalue weighted by molar-refractivity contribution is 5.48. The van der Waals surface area contributed by atoms with Gasteiger partial charge in [0, 0.05) is 57.7 Å². The van der Waals surface area contributed by atoms with Gasteiger partial charge in [0.2, 0.25) is 0 Å². The Kier molecular flexibility index (Phi) is 10.0. The van der Waals surface area contributed by atoms with Gasteiger partial charge in [-0.05, 0) is 50.4 Å². The summed E-state index contributed by atoms with van der Waals surface area (Å²) >= 11 is 0. The molecule has 1 fully saturated rings. The molecule has 1 aliphatic rings. The zero-order valence-corrected chi connectivity index (χ0v) is 17.2. The highest BCUT2D eigenvalue weighted by Gasteiger charge is 2.20. The number of rotatable bonds is 12. The molecular formula is C22H39N3O. The van der Waals surface area contributed by atoms with Crippen molar-refractivity contribution in [1.82, 2.24) is 10.2 Å². The Bertz CT molecular complexity index is 469. The quantitative estimate of drug-likeness (QED) is 0.571. The molecule has 0 spiro atoms. The van der Waals surface area contributed by atoms with E-state index in [0.29, 0.717) is 6.04 Å². The van der Waals surface area contributed by atoms with E-state index in [1.165, 1.54) is 43.6 Å². The Morgan fingerprint density at radius 1 is 1.00 bits per heavy atom. The van der Waals surface area contributed by atoms with Gasteiger partial charge < -0.3 is 15.0 Å². The van der Waals surface area contributed by atoms with E-state index in [4.69, 9.17) is 4.74 Å². The van der Waals surface area contributed by atoms with Crippen LogP contribution in [-0.4, -0.2) is 56.9 Å². The monoisotopic (exact) mass is 361 g/mol. The molecule has 1 unspecified atom stereocenters. The van der Waals surface area contributed by atoms with Crippen molar-refractivity contribution in [2.24, 2.45) is 0 Å². The van der Waals surface area contributed by atoms with E-state index < -0.39 is 0 Å². The number of piperazine rings is 1. The fourth-order valence-electron chi connectivity index (χ4n) is 3.38. The molecule has 0 aromatic heterocycles. The van der Waals surface area contributed by atoms with Crippen molar-refractivity contribution in [2.45, 2.75) is 59.0 Å². The molecule has 1 aromatic rings. The number of ether oxygens (including phenoxy) is 1. The van der Waals surface area contributed by atoms with Crippen LogP contribution >= 0.6 is 0 Å². The molecule has 0 radical (unpaired) electrons. The van der Waals surface area contributed by atoms with Gasteiger partial charge in [-0.15, -0.1) is 0 Å². The van der Waals surface area contributed by atoms with Crippen LogP contribution in [0.25, 0.3) is 0 Å². The third kappa shape index (κ3) is 7.26. The third-order valence-electron chi connectivity index (χ3n) is 5.44. The summed E-state index contributed by atoms with van der Waals surface area (Å²) in [5.74, 6) is 0. The molecule has 1 aliphatic heterocycles. The van der Waals surface area contributed by atoms with Gasteiger partial charge in [0.05, 0.1) is 0 Å². The van der Waals surface area contributed by atoms with Gasteiger partial charge in [-0.1, -0.05) is 32.4 Å². The van der Waals surface area contributed by atoms with Gasteiger partial charge in [-0.2, -0.15) is 0 Å². The van der Waals surface area contributed by atoms with E-state index in [9.17, 15) is 0 Å². The SMILES string of the molecule is CCCCOCCCNCc1ccc(N2CCN(C(C)CC)CC2)cc1. The van der Waals surface area contributed by atoms with E-state index in [-0.39, 0.29) is 0 Å². The molecule has 1 atom stereocenters. The van der Waals surface area contributed by atoms with Crippen molar-refractivity contribution in [1.29, 1.82) is 0 Å². The Morgan fingerprint density at radius 2 is 1.69 bits per heavy atom. The van der Waals surface area contributed by atoms with Gasteiger partial charge in [0.15, 0.2) is 0 Å². The summed E-state index contributed by atoms with van der Waals surface area (Å²) in [5, 5.41) is 3.52. The molecule has 26 heavy (non-hydrogen) atoms. The van der Waals surface area contributed by atoms with Gasteiger partial charge in [0.1, 0.15) is 0 Å². The molecule has 0 bridgehead atoms. The first kappa shape index (κ1) is 21.2. The first-order chi connectivity index (χ1) is 12.7. The molecule has 1 saturated heterocycles. The smallest absolute Gasteiger partial charge is 0.0478 e.